The average Bonchev–Trinajstić information content (AvgIpc) is 2.83. The first-order valence-electron chi connectivity index (χ1n) is 6.40. The summed E-state index contributed by atoms with van der Waals surface area (Å²) in [4.78, 5) is 25.6. The summed E-state index contributed by atoms with van der Waals surface area (Å²) in [5, 5.41) is 11.3. The van der Waals surface area contributed by atoms with E-state index in [1.807, 2.05) is 16.7 Å². The van der Waals surface area contributed by atoms with Gasteiger partial charge >= 0.3 is 5.97 Å². The van der Waals surface area contributed by atoms with Crippen LogP contribution in [0.15, 0.2) is 17.5 Å². The maximum atomic E-state index is 12.4. The molecule has 1 fully saturated rings. The van der Waals surface area contributed by atoms with E-state index in [4.69, 9.17) is 5.11 Å². The molecule has 1 aromatic rings. The van der Waals surface area contributed by atoms with Gasteiger partial charge in [-0.1, -0.05) is 13.8 Å². The maximum absolute atomic E-state index is 12.4. The van der Waals surface area contributed by atoms with E-state index in [0.29, 0.717) is 16.1 Å². The fourth-order valence-electron chi connectivity index (χ4n) is 2.23. The van der Waals surface area contributed by atoms with Crippen LogP contribution < -0.4 is 0 Å². The van der Waals surface area contributed by atoms with E-state index >= 15 is 0 Å². The lowest BCUT2D eigenvalue weighted by Gasteiger charge is -2.34. The number of aliphatic carboxylic acids is 1. The predicted octanol–water partition coefficient (Wildman–Crippen LogP) is 2.81. The van der Waals surface area contributed by atoms with Crippen LogP contribution in [0.1, 0.15) is 29.1 Å². The number of hydrogen-bond acceptors (Lipinski definition) is 4. The van der Waals surface area contributed by atoms with Crippen LogP contribution in [-0.4, -0.2) is 45.5 Å². The van der Waals surface area contributed by atoms with Crippen LogP contribution in [-0.2, 0) is 4.79 Å². The van der Waals surface area contributed by atoms with Gasteiger partial charge in [-0.15, -0.1) is 11.3 Å². The summed E-state index contributed by atoms with van der Waals surface area (Å²) in [6.45, 7) is 5.80. The summed E-state index contributed by atoms with van der Waals surface area (Å²) in [6, 6.07) is 1.75. The van der Waals surface area contributed by atoms with Crippen molar-refractivity contribution in [1.82, 2.24) is 4.90 Å². The molecule has 0 bridgehead atoms. The summed E-state index contributed by atoms with van der Waals surface area (Å²) < 4.78 is 0. The highest BCUT2D eigenvalue weighted by Gasteiger charge is 2.26. The molecule has 108 valence electrons. The third-order valence-electron chi connectivity index (χ3n) is 2.96. The number of carbonyl (C=O) groups excluding carboxylic acids is 1. The Balaban J connectivity index is 2.07. The molecule has 1 aliphatic heterocycles. The monoisotopic (exact) mass is 311 g/mol. The van der Waals surface area contributed by atoms with Crippen LogP contribution in [0.3, 0.4) is 0 Å². The molecular weight excluding hydrogens is 294 g/mol. The number of carboxylic acids is 1. The van der Waals surface area contributed by atoms with Crippen molar-refractivity contribution in [1.29, 1.82) is 0 Å². The van der Waals surface area contributed by atoms with Crippen molar-refractivity contribution >= 4 is 41.1 Å². The fraction of sp³-hybridized carbons (Fsp3) is 0.429. The van der Waals surface area contributed by atoms with Gasteiger partial charge in [0.15, 0.2) is 0 Å². The molecule has 2 unspecified atom stereocenters. The average molecular weight is 311 g/mol. The molecule has 1 amide bonds. The molecule has 1 saturated heterocycles. The summed E-state index contributed by atoms with van der Waals surface area (Å²) in [6.07, 6.45) is 2.60. The van der Waals surface area contributed by atoms with Gasteiger partial charge in [-0.2, -0.15) is 11.8 Å². The minimum Gasteiger partial charge on any atom is -0.478 e. The Morgan fingerprint density at radius 3 is 2.60 bits per heavy atom. The third kappa shape index (κ3) is 3.86. The first-order chi connectivity index (χ1) is 9.45. The van der Waals surface area contributed by atoms with E-state index < -0.39 is 5.97 Å². The van der Waals surface area contributed by atoms with Gasteiger partial charge in [-0.25, -0.2) is 4.79 Å². The number of hydrogen-bond donors (Lipinski definition) is 1. The van der Waals surface area contributed by atoms with E-state index in [-0.39, 0.29) is 5.91 Å². The van der Waals surface area contributed by atoms with Crippen molar-refractivity contribution in [2.45, 2.75) is 24.3 Å². The summed E-state index contributed by atoms with van der Waals surface area (Å²) in [5.41, 5.74) is 0.645. The number of rotatable bonds is 3. The normalized spacial score (nSPS) is 23.2. The van der Waals surface area contributed by atoms with Crippen LogP contribution in [0.4, 0.5) is 0 Å². The van der Waals surface area contributed by atoms with Crippen molar-refractivity contribution in [3.63, 3.8) is 0 Å². The Bertz CT molecular complexity index is 528. The van der Waals surface area contributed by atoms with Crippen molar-refractivity contribution in [3.8, 4) is 0 Å². The molecule has 6 heteroatoms. The lowest BCUT2D eigenvalue weighted by molar-refractivity contribution is -0.131. The molecule has 20 heavy (non-hydrogen) atoms. The molecular formula is C14H17NO3S2. The van der Waals surface area contributed by atoms with Crippen LogP contribution >= 0.6 is 23.1 Å². The van der Waals surface area contributed by atoms with Gasteiger partial charge in [0, 0.05) is 39.9 Å². The van der Waals surface area contributed by atoms with E-state index in [1.54, 1.807) is 11.4 Å². The largest absolute Gasteiger partial charge is 0.478 e. The standard InChI is InChI=1S/C14H17NO3S2/c1-9-6-15(7-10(2)20-9)14(18)11-5-12(19-8-11)3-4-13(16)17/h3-5,8-10H,6-7H2,1-2H3,(H,16,17). The Hall–Kier alpha value is -1.27. The van der Waals surface area contributed by atoms with Crippen LogP contribution in [0, 0.1) is 0 Å². The molecule has 0 aromatic carbocycles. The third-order valence-corrected chi connectivity index (χ3v) is 5.09. The number of carbonyl (C=O) groups is 2. The molecule has 2 heterocycles. The lowest BCUT2D eigenvalue weighted by atomic mass is 10.2. The van der Waals surface area contributed by atoms with Crippen molar-refractivity contribution in [2.75, 3.05) is 13.1 Å². The fourth-order valence-corrected chi connectivity index (χ4v) is 4.33. The molecule has 0 aliphatic carbocycles. The van der Waals surface area contributed by atoms with Crippen LogP contribution in [0.2, 0.25) is 0 Å². The SMILES string of the molecule is CC1CN(C(=O)c2csc(C=CC(=O)O)c2)CC(C)S1. The first-order valence-corrected chi connectivity index (χ1v) is 8.22. The van der Waals surface area contributed by atoms with Gasteiger partial charge in [0.25, 0.3) is 5.91 Å². The number of nitrogens with zero attached hydrogens (tertiary/aromatic N) is 1. The predicted molar refractivity (Wildman–Crippen MR) is 83.4 cm³/mol. The molecule has 2 atom stereocenters. The van der Waals surface area contributed by atoms with Crippen LogP contribution in [0.25, 0.3) is 6.08 Å². The van der Waals surface area contributed by atoms with Crippen LogP contribution in [0.5, 0.6) is 0 Å². The number of thioether (sulfide) groups is 1. The van der Waals surface area contributed by atoms with Crippen molar-refractivity contribution < 1.29 is 14.7 Å². The maximum Gasteiger partial charge on any atom is 0.328 e. The minimum atomic E-state index is -0.984. The smallest absolute Gasteiger partial charge is 0.328 e. The Morgan fingerprint density at radius 1 is 1.35 bits per heavy atom. The molecule has 0 spiro atoms. The molecule has 1 aliphatic rings. The topological polar surface area (TPSA) is 57.6 Å². The van der Waals surface area contributed by atoms with Gasteiger partial charge in [-0.05, 0) is 12.1 Å². The molecule has 2 rings (SSSR count). The second kappa shape index (κ2) is 6.45. The van der Waals surface area contributed by atoms with E-state index in [0.717, 1.165) is 24.0 Å². The second-order valence-corrected chi connectivity index (χ2v) is 7.70. The Labute approximate surface area is 126 Å². The lowest BCUT2D eigenvalue weighted by Crippen LogP contribution is -2.43. The highest BCUT2D eigenvalue weighted by atomic mass is 32.2. The van der Waals surface area contributed by atoms with E-state index in [2.05, 4.69) is 13.8 Å². The molecule has 4 nitrogen and oxygen atoms in total. The second-order valence-electron chi connectivity index (χ2n) is 4.88. The number of amides is 1. The quantitative estimate of drug-likeness (QED) is 0.872. The summed E-state index contributed by atoms with van der Waals surface area (Å²) >= 11 is 3.29. The molecule has 1 N–H and O–H groups in total. The van der Waals surface area contributed by atoms with Gasteiger partial charge in [0.1, 0.15) is 0 Å². The minimum absolute atomic E-state index is 0.0372. The van der Waals surface area contributed by atoms with Crippen molar-refractivity contribution in [3.05, 3.63) is 28.0 Å². The zero-order valence-corrected chi connectivity index (χ0v) is 13.0. The molecule has 0 saturated carbocycles. The van der Waals surface area contributed by atoms with Gasteiger partial charge in [-0.3, -0.25) is 4.79 Å². The van der Waals surface area contributed by atoms with E-state index in [9.17, 15) is 9.59 Å². The summed E-state index contributed by atoms with van der Waals surface area (Å²) in [5.74, 6) is -0.947. The Morgan fingerprint density at radius 2 is 2.00 bits per heavy atom. The molecule has 1 aromatic heterocycles. The zero-order valence-electron chi connectivity index (χ0n) is 11.4. The number of carboxylic acid groups (broad SMARTS) is 1. The zero-order chi connectivity index (χ0) is 14.7. The Kier molecular flexibility index (Phi) is 4.88. The van der Waals surface area contributed by atoms with Gasteiger partial charge in [0.2, 0.25) is 0 Å². The van der Waals surface area contributed by atoms with E-state index in [1.165, 1.54) is 17.4 Å². The highest BCUT2D eigenvalue weighted by Crippen LogP contribution is 2.26. The van der Waals surface area contributed by atoms with Gasteiger partial charge < -0.3 is 10.0 Å². The highest BCUT2D eigenvalue weighted by molar-refractivity contribution is 8.00. The first kappa shape index (κ1) is 15.1. The molecule has 0 radical (unpaired) electrons. The van der Waals surface area contributed by atoms with Crippen molar-refractivity contribution in [2.24, 2.45) is 0 Å². The summed E-state index contributed by atoms with van der Waals surface area (Å²) in [7, 11) is 0. The van der Waals surface area contributed by atoms with Gasteiger partial charge in [0.05, 0.1) is 5.56 Å². The number of thiophene rings is 1.